The summed E-state index contributed by atoms with van der Waals surface area (Å²) >= 11 is 1.13. The Kier molecular flexibility index (Phi) is 7.17. The number of anilines is 1. The standard InChI is InChI=1S/C25H23FN6O2S/c1-16-17(2)32(20-10-8-19(26)9-11-20)23(21(16)14-27)28-22(33)15-35-25-30-29-24(34)31(25)13-12-18-6-4-3-5-7-18/h3-11H,12-13,15H2,1-2H3,(H,28,33)(H,29,34). The van der Waals surface area contributed by atoms with Gasteiger partial charge in [0.25, 0.3) is 0 Å². The molecule has 0 spiro atoms. The van der Waals surface area contributed by atoms with Crippen LogP contribution < -0.4 is 11.0 Å². The van der Waals surface area contributed by atoms with E-state index in [0.717, 1.165) is 28.6 Å². The number of H-pyrrole nitrogens is 1. The fourth-order valence-corrected chi connectivity index (χ4v) is 4.54. The van der Waals surface area contributed by atoms with E-state index < -0.39 is 0 Å². The highest BCUT2D eigenvalue weighted by Gasteiger charge is 2.21. The molecule has 0 radical (unpaired) electrons. The van der Waals surface area contributed by atoms with Gasteiger partial charge in [-0.3, -0.25) is 13.9 Å². The van der Waals surface area contributed by atoms with Gasteiger partial charge in [-0.25, -0.2) is 14.3 Å². The molecule has 0 aliphatic carbocycles. The van der Waals surface area contributed by atoms with E-state index in [9.17, 15) is 19.2 Å². The summed E-state index contributed by atoms with van der Waals surface area (Å²) in [5.74, 6) is -0.441. The zero-order chi connectivity index (χ0) is 24.9. The monoisotopic (exact) mass is 490 g/mol. The van der Waals surface area contributed by atoms with E-state index in [1.165, 1.54) is 16.7 Å². The van der Waals surface area contributed by atoms with Crippen LogP contribution in [-0.2, 0) is 17.8 Å². The number of halogens is 1. The number of aromatic nitrogens is 4. The van der Waals surface area contributed by atoms with Gasteiger partial charge in [0.15, 0.2) is 5.16 Å². The number of carbonyl (C=O) groups excluding carboxylic acids is 1. The first kappa shape index (κ1) is 24.0. The molecule has 0 saturated heterocycles. The number of hydrogen-bond donors (Lipinski definition) is 2. The van der Waals surface area contributed by atoms with Gasteiger partial charge in [-0.05, 0) is 55.7 Å². The molecule has 178 valence electrons. The highest BCUT2D eigenvalue weighted by atomic mass is 32.2. The predicted molar refractivity (Wildman–Crippen MR) is 132 cm³/mol. The summed E-state index contributed by atoms with van der Waals surface area (Å²) in [6, 6.07) is 17.7. The fourth-order valence-electron chi connectivity index (χ4n) is 3.77. The number of benzene rings is 2. The SMILES string of the molecule is Cc1c(C#N)c(NC(=O)CSc2n[nH]c(=O)n2CCc2ccccc2)n(-c2ccc(F)cc2)c1C. The van der Waals surface area contributed by atoms with Crippen LogP contribution in [0.3, 0.4) is 0 Å². The first-order chi connectivity index (χ1) is 16.9. The third kappa shape index (κ3) is 5.20. The lowest BCUT2D eigenvalue weighted by molar-refractivity contribution is -0.113. The number of thioether (sulfide) groups is 1. The van der Waals surface area contributed by atoms with Gasteiger partial charge in [-0.1, -0.05) is 42.1 Å². The molecule has 2 aromatic carbocycles. The Morgan fingerprint density at radius 3 is 2.57 bits per heavy atom. The normalized spacial score (nSPS) is 10.8. The molecule has 0 saturated carbocycles. The summed E-state index contributed by atoms with van der Waals surface area (Å²) in [7, 11) is 0. The molecule has 2 heterocycles. The Bertz CT molecular complexity index is 1450. The molecule has 35 heavy (non-hydrogen) atoms. The predicted octanol–water partition coefficient (Wildman–Crippen LogP) is 3.96. The number of nitrogens with zero attached hydrogens (tertiary/aromatic N) is 4. The number of hydrogen-bond acceptors (Lipinski definition) is 5. The van der Waals surface area contributed by atoms with E-state index in [4.69, 9.17) is 0 Å². The molecule has 8 nitrogen and oxygen atoms in total. The number of amides is 1. The maximum absolute atomic E-state index is 13.4. The second kappa shape index (κ2) is 10.4. The Labute approximate surface area is 205 Å². The van der Waals surface area contributed by atoms with Crippen LogP contribution in [-0.4, -0.2) is 31.0 Å². The number of aryl methyl sites for hydroxylation is 1. The van der Waals surface area contributed by atoms with Gasteiger partial charge in [-0.2, -0.15) is 5.26 Å². The molecule has 0 atom stereocenters. The highest BCUT2D eigenvalue weighted by Crippen LogP contribution is 2.30. The summed E-state index contributed by atoms with van der Waals surface area (Å²) in [6.07, 6.45) is 0.648. The lowest BCUT2D eigenvalue weighted by Crippen LogP contribution is -2.20. The molecule has 2 aromatic heterocycles. The van der Waals surface area contributed by atoms with Crippen molar-refractivity contribution in [3.05, 3.63) is 93.3 Å². The number of rotatable bonds is 8. The summed E-state index contributed by atoms with van der Waals surface area (Å²) in [6.45, 7) is 4.06. The van der Waals surface area contributed by atoms with Crippen molar-refractivity contribution in [2.24, 2.45) is 0 Å². The minimum absolute atomic E-state index is 0.0206. The van der Waals surface area contributed by atoms with Crippen molar-refractivity contribution in [1.29, 1.82) is 5.26 Å². The fraction of sp³-hybridized carbons (Fsp3) is 0.200. The largest absolute Gasteiger partial charge is 0.343 e. The van der Waals surface area contributed by atoms with Crippen LogP contribution in [0, 0.1) is 31.0 Å². The summed E-state index contributed by atoms with van der Waals surface area (Å²) < 4.78 is 16.7. The van der Waals surface area contributed by atoms with E-state index in [0.29, 0.717) is 35.2 Å². The average molecular weight is 491 g/mol. The van der Waals surface area contributed by atoms with Gasteiger partial charge in [0, 0.05) is 17.9 Å². The topological polar surface area (TPSA) is 108 Å². The molecule has 4 rings (SSSR count). The van der Waals surface area contributed by atoms with Gasteiger partial charge < -0.3 is 5.32 Å². The first-order valence-electron chi connectivity index (χ1n) is 10.9. The smallest absolute Gasteiger partial charge is 0.310 e. The van der Waals surface area contributed by atoms with Gasteiger partial charge in [0.2, 0.25) is 5.91 Å². The molecule has 0 unspecified atom stereocenters. The van der Waals surface area contributed by atoms with Gasteiger partial charge in [0.05, 0.1) is 11.3 Å². The zero-order valence-electron chi connectivity index (χ0n) is 19.2. The van der Waals surface area contributed by atoms with Crippen molar-refractivity contribution < 1.29 is 9.18 Å². The second-order valence-electron chi connectivity index (χ2n) is 7.89. The van der Waals surface area contributed by atoms with Gasteiger partial charge in [0.1, 0.15) is 17.7 Å². The zero-order valence-corrected chi connectivity index (χ0v) is 20.0. The Hall–Kier alpha value is -4.10. The van der Waals surface area contributed by atoms with E-state index in [2.05, 4.69) is 21.6 Å². The molecule has 0 aliphatic rings. The van der Waals surface area contributed by atoms with Crippen molar-refractivity contribution >= 4 is 23.5 Å². The Balaban J connectivity index is 1.50. The molecule has 0 bridgehead atoms. The minimum atomic E-state index is -0.380. The van der Waals surface area contributed by atoms with Crippen LogP contribution in [0.15, 0.2) is 64.5 Å². The third-order valence-electron chi connectivity index (χ3n) is 5.69. The van der Waals surface area contributed by atoms with Crippen molar-refractivity contribution in [2.45, 2.75) is 32.0 Å². The van der Waals surface area contributed by atoms with E-state index in [1.807, 2.05) is 37.3 Å². The molecule has 10 heteroatoms. The first-order valence-corrected chi connectivity index (χ1v) is 11.9. The van der Waals surface area contributed by atoms with Crippen molar-refractivity contribution in [2.75, 3.05) is 11.1 Å². The lowest BCUT2D eigenvalue weighted by Gasteiger charge is -2.13. The molecule has 2 N–H and O–H groups in total. The molecule has 4 aromatic rings. The van der Waals surface area contributed by atoms with Crippen LogP contribution in [0.1, 0.15) is 22.4 Å². The van der Waals surface area contributed by atoms with Crippen LogP contribution in [0.4, 0.5) is 10.2 Å². The summed E-state index contributed by atoms with van der Waals surface area (Å²) in [4.78, 5) is 25.1. The van der Waals surface area contributed by atoms with Gasteiger partial charge in [-0.15, -0.1) is 5.10 Å². The summed E-state index contributed by atoms with van der Waals surface area (Å²) in [5.41, 5.74) is 3.20. The van der Waals surface area contributed by atoms with E-state index in [-0.39, 0.29) is 23.2 Å². The lowest BCUT2D eigenvalue weighted by atomic mass is 10.1. The number of carbonyl (C=O) groups is 1. The Morgan fingerprint density at radius 2 is 1.89 bits per heavy atom. The highest BCUT2D eigenvalue weighted by molar-refractivity contribution is 7.99. The maximum Gasteiger partial charge on any atom is 0.343 e. The van der Waals surface area contributed by atoms with Crippen LogP contribution in [0.5, 0.6) is 0 Å². The maximum atomic E-state index is 13.4. The summed E-state index contributed by atoms with van der Waals surface area (Å²) in [5, 5.41) is 19.4. The van der Waals surface area contributed by atoms with Crippen molar-refractivity contribution in [1.82, 2.24) is 19.3 Å². The molecular formula is C25H23FN6O2S. The van der Waals surface area contributed by atoms with Gasteiger partial charge >= 0.3 is 5.69 Å². The van der Waals surface area contributed by atoms with Crippen molar-refractivity contribution in [3.8, 4) is 11.8 Å². The van der Waals surface area contributed by atoms with Crippen molar-refractivity contribution in [3.63, 3.8) is 0 Å². The molecular weight excluding hydrogens is 467 g/mol. The molecule has 0 fully saturated rings. The van der Waals surface area contributed by atoms with E-state index in [1.54, 1.807) is 23.6 Å². The molecule has 0 aliphatic heterocycles. The van der Waals surface area contributed by atoms with Crippen LogP contribution in [0.2, 0.25) is 0 Å². The quantitative estimate of drug-likeness (QED) is 0.364. The second-order valence-corrected chi connectivity index (χ2v) is 8.84. The average Bonchev–Trinajstić information content (AvgIpc) is 3.33. The third-order valence-corrected chi connectivity index (χ3v) is 6.67. The van der Waals surface area contributed by atoms with Crippen LogP contribution in [0.25, 0.3) is 5.69 Å². The number of nitrogens with one attached hydrogen (secondary N) is 2. The van der Waals surface area contributed by atoms with Crippen LogP contribution >= 0.6 is 11.8 Å². The molecule has 1 amide bonds. The Morgan fingerprint density at radius 1 is 1.17 bits per heavy atom. The minimum Gasteiger partial charge on any atom is -0.310 e. The number of nitriles is 1. The number of aromatic amines is 1. The van der Waals surface area contributed by atoms with E-state index >= 15 is 0 Å².